The molecule has 0 unspecified atom stereocenters. The van der Waals surface area contributed by atoms with Crippen LogP contribution >= 0.6 is 11.3 Å². The van der Waals surface area contributed by atoms with Crippen molar-refractivity contribution < 1.29 is 19.8 Å². The van der Waals surface area contributed by atoms with Crippen molar-refractivity contribution in [2.75, 3.05) is 11.4 Å². The van der Waals surface area contributed by atoms with Crippen LogP contribution in [-0.2, 0) is 4.79 Å². The molecule has 0 atom stereocenters. The lowest BCUT2D eigenvalue weighted by Gasteiger charge is -2.20. The number of carboxylic acid groups (broad SMARTS) is 1. The van der Waals surface area contributed by atoms with E-state index >= 15 is 0 Å². The Balaban J connectivity index is 2.33. The summed E-state index contributed by atoms with van der Waals surface area (Å²) in [5.74, 6) is -1.41. The van der Waals surface area contributed by atoms with Gasteiger partial charge in [-0.25, -0.2) is 0 Å². The molecule has 0 radical (unpaired) electrons. The second-order valence-corrected chi connectivity index (χ2v) is 4.73. The molecule has 5 nitrogen and oxygen atoms in total. The fourth-order valence-corrected chi connectivity index (χ4v) is 2.25. The summed E-state index contributed by atoms with van der Waals surface area (Å²) in [6.07, 6.45) is 0. The van der Waals surface area contributed by atoms with Gasteiger partial charge < -0.3 is 10.2 Å². The highest BCUT2D eigenvalue weighted by molar-refractivity contribution is 7.12. The summed E-state index contributed by atoms with van der Waals surface area (Å²) in [5.41, 5.74) is 0.429. The number of nitrogens with zero attached hydrogens (tertiary/aromatic N) is 1. The number of rotatable bonds is 4. The van der Waals surface area contributed by atoms with Crippen molar-refractivity contribution in [3.05, 3.63) is 46.7 Å². The van der Waals surface area contributed by atoms with Crippen molar-refractivity contribution in [2.45, 2.75) is 0 Å². The standard InChI is InChI=1S/C13H11NO4S/c15-10-5-3-9(4-6-10)14(8-12(16)17)13(18)11-2-1-7-19-11/h1-7,15H,8H2,(H,16,17). The van der Waals surface area contributed by atoms with Crippen molar-refractivity contribution in [1.82, 2.24) is 0 Å². The Morgan fingerprint density at radius 2 is 1.84 bits per heavy atom. The highest BCUT2D eigenvalue weighted by Crippen LogP contribution is 2.22. The van der Waals surface area contributed by atoms with E-state index in [1.54, 1.807) is 17.5 Å². The molecule has 0 saturated carbocycles. The van der Waals surface area contributed by atoms with E-state index in [9.17, 15) is 14.7 Å². The van der Waals surface area contributed by atoms with Gasteiger partial charge in [0.15, 0.2) is 0 Å². The number of aromatic hydroxyl groups is 1. The molecular weight excluding hydrogens is 266 g/mol. The second kappa shape index (κ2) is 5.53. The average molecular weight is 277 g/mol. The third kappa shape index (κ3) is 3.11. The number of carboxylic acids is 1. The highest BCUT2D eigenvalue weighted by atomic mass is 32.1. The molecule has 0 aliphatic rings. The van der Waals surface area contributed by atoms with Gasteiger partial charge >= 0.3 is 5.97 Å². The van der Waals surface area contributed by atoms with Gasteiger partial charge in [0.1, 0.15) is 12.3 Å². The number of hydrogen-bond donors (Lipinski definition) is 2. The SMILES string of the molecule is O=C(O)CN(C(=O)c1cccs1)c1ccc(O)cc1. The maximum atomic E-state index is 12.2. The molecule has 0 aliphatic carbocycles. The monoisotopic (exact) mass is 277 g/mol. The van der Waals surface area contributed by atoms with Crippen molar-refractivity contribution in [1.29, 1.82) is 0 Å². The molecular formula is C13H11NO4S. The van der Waals surface area contributed by atoms with Crippen molar-refractivity contribution in [3.63, 3.8) is 0 Å². The summed E-state index contributed by atoms with van der Waals surface area (Å²) in [5, 5.41) is 19.9. The summed E-state index contributed by atoms with van der Waals surface area (Å²) >= 11 is 1.25. The van der Waals surface area contributed by atoms with Crippen molar-refractivity contribution in [3.8, 4) is 5.75 Å². The molecule has 2 rings (SSSR count). The van der Waals surface area contributed by atoms with E-state index in [2.05, 4.69) is 0 Å². The lowest BCUT2D eigenvalue weighted by Crippen LogP contribution is -2.35. The molecule has 1 amide bonds. The topological polar surface area (TPSA) is 77.8 Å². The van der Waals surface area contributed by atoms with Gasteiger partial charge in [-0.3, -0.25) is 14.5 Å². The van der Waals surface area contributed by atoms with Crippen LogP contribution in [0.4, 0.5) is 5.69 Å². The first-order chi connectivity index (χ1) is 9.08. The van der Waals surface area contributed by atoms with Crippen LogP contribution in [0.2, 0.25) is 0 Å². The molecule has 1 heterocycles. The predicted octanol–water partition coefficient (Wildman–Crippen LogP) is 2.19. The van der Waals surface area contributed by atoms with E-state index in [1.165, 1.54) is 35.6 Å². The Kier molecular flexibility index (Phi) is 3.82. The molecule has 0 bridgehead atoms. The molecule has 98 valence electrons. The molecule has 19 heavy (non-hydrogen) atoms. The molecule has 2 aromatic rings. The highest BCUT2D eigenvalue weighted by Gasteiger charge is 2.21. The van der Waals surface area contributed by atoms with Gasteiger partial charge in [-0.1, -0.05) is 6.07 Å². The Labute approximate surface area is 113 Å². The smallest absolute Gasteiger partial charge is 0.323 e. The van der Waals surface area contributed by atoms with E-state index in [-0.39, 0.29) is 11.7 Å². The van der Waals surface area contributed by atoms with Crippen molar-refractivity contribution in [2.24, 2.45) is 0 Å². The fraction of sp³-hybridized carbons (Fsp3) is 0.0769. The molecule has 0 saturated heterocycles. The number of phenolic OH excluding ortho intramolecular Hbond substituents is 1. The zero-order valence-corrected chi connectivity index (χ0v) is 10.6. The number of hydrogen-bond acceptors (Lipinski definition) is 4. The van der Waals surface area contributed by atoms with E-state index in [0.717, 1.165) is 4.90 Å². The summed E-state index contributed by atoms with van der Waals surface area (Å²) in [6.45, 7) is -0.429. The fourth-order valence-electron chi connectivity index (χ4n) is 1.58. The van der Waals surface area contributed by atoms with Crippen LogP contribution in [0, 0.1) is 0 Å². The average Bonchev–Trinajstić information content (AvgIpc) is 2.90. The van der Waals surface area contributed by atoms with Gasteiger partial charge in [-0.05, 0) is 35.7 Å². The molecule has 1 aromatic carbocycles. The summed E-state index contributed by atoms with van der Waals surface area (Å²) in [4.78, 5) is 24.7. The van der Waals surface area contributed by atoms with Gasteiger partial charge in [0.2, 0.25) is 0 Å². The largest absolute Gasteiger partial charge is 0.508 e. The number of aliphatic carboxylic acids is 1. The van der Waals surface area contributed by atoms with Crippen LogP contribution in [0.15, 0.2) is 41.8 Å². The molecule has 0 spiro atoms. The molecule has 6 heteroatoms. The van der Waals surface area contributed by atoms with Gasteiger partial charge in [-0.2, -0.15) is 0 Å². The predicted molar refractivity (Wildman–Crippen MR) is 71.7 cm³/mol. The minimum absolute atomic E-state index is 0.0580. The van der Waals surface area contributed by atoms with E-state index in [4.69, 9.17) is 5.11 Å². The van der Waals surface area contributed by atoms with Crippen LogP contribution in [0.1, 0.15) is 9.67 Å². The molecule has 2 N–H and O–H groups in total. The third-order valence-electron chi connectivity index (χ3n) is 2.43. The first-order valence-corrected chi connectivity index (χ1v) is 6.32. The molecule has 0 aliphatic heterocycles. The Morgan fingerprint density at radius 1 is 1.16 bits per heavy atom. The van der Waals surface area contributed by atoms with Crippen LogP contribution in [-0.4, -0.2) is 28.6 Å². The van der Waals surface area contributed by atoms with E-state index < -0.39 is 12.5 Å². The van der Waals surface area contributed by atoms with Gasteiger partial charge in [-0.15, -0.1) is 11.3 Å². The minimum atomic E-state index is -1.10. The summed E-state index contributed by atoms with van der Waals surface area (Å²) in [7, 11) is 0. The number of anilines is 1. The Bertz CT molecular complexity index is 577. The van der Waals surface area contributed by atoms with Crippen LogP contribution in [0.3, 0.4) is 0 Å². The second-order valence-electron chi connectivity index (χ2n) is 3.78. The number of phenols is 1. The third-order valence-corrected chi connectivity index (χ3v) is 3.29. The summed E-state index contributed by atoms with van der Waals surface area (Å²) < 4.78 is 0. The maximum Gasteiger partial charge on any atom is 0.323 e. The zero-order chi connectivity index (χ0) is 13.8. The lowest BCUT2D eigenvalue weighted by molar-refractivity contribution is -0.135. The molecule has 1 aromatic heterocycles. The zero-order valence-electron chi connectivity index (χ0n) is 9.81. The van der Waals surface area contributed by atoms with Gasteiger partial charge in [0, 0.05) is 5.69 Å². The lowest BCUT2D eigenvalue weighted by atomic mass is 10.2. The van der Waals surface area contributed by atoms with Crippen LogP contribution in [0.5, 0.6) is 5.75 Å². The van der Waals surface area contributed by atoms with Crippen molar-refractivity contribution >= 4 is 28.9 Å². The minimum Gasteiger partial charge on any atom is -0.508 e. The summed E-state index contributed by atoms with van der Waals surface area (Å²) in [6, 6.07) is 9.20. The quantitative estimate of drug-likeness (QED) is 0.898. The van der Waals surface area contributed by atoms with E-state index in [0.29, 0.717) is 10.6 Å². The number of amides is 1. The Hall–Kier alpha value is -2.34. The van der Waals surface area contributed by atoms with Gasteiger partial charge in [0.05, 0.1) is 4.88 Å². The Morgan fingerprint density at radius 3 is 2.37 bits per heavy atom. The van der Waals surface area contributed by atoms with E-state index in [1.807, 2.05) is 0 Å². The van der Waals surface area contributed by atoms with Crippen LogP contribution < -0.4 is 4.90 Å². The van der Waals surface area contributed by atoms with Gasteiger partial charge in [0.25, 0.3) is 5.91 Å². The molecule has 0 fully saturated rings. The normalized spacial score (nSPS) is 10.1. The number of carbonyl (C=O) groups excluding carboxylic acids is 1. The first kappa shape index (κ1) is 13.1. The van der Waals surface area contributed by atoms with Crippen LogP contribution in [0.25, 0.3) is 0 Å². The number of thiophene rings is 1. The first-order valence-electron chi connectivity index (χ1n) is 5.44. The number of benzene rings is 1. The maximum absolute atomic E-state index is 12.2. The number of carbonyl (C=O) groups is 2.